The highest BCUT2D eigenvalue weighted by Gasteiger charge is 2.30. The van der Waals surface area contributed by atoms with Crippen LogP contribution in [0.2, 0.25) is 0 Å². The number of carbonyl (C=O) groups excluding carboxylic acids is 1. The Morgan fingerprint density at radius 1 is 1.16 bits per heavy atom. The van der Waals surface area contributed by atoms with Crippen molar-refractivity contribution >= 4 is 16.7 Å². The predicted octanol–water partition coefficient (Wildman–Crippen LogP) is 2.56. The first-order valence-electron chi connectivity index (χ1n) is 9.27. The third-order valence-electron chi connectivity index (χ3n) is 5.37. The van der Waals surface area contributed by atoms with Crippen molar-refractivity contribution < 1.29 is 9.53 Å². The highest BCUT2D eigenvalue weighted by molar-refractivity contribution is 6.06. The first-order chi connectivity index (χ1) is 12.3. The van der Waals surface area contributed by atoms with E-state index < -0.39 is 0 Å². The van der Waals surface area contributed by atoms with Crippen LogP contribution in [0.5, 0.6) is 0 Å². The van der Waals surface area contributed by atoms with E-state index in [4.69, 9.17) is 4.74 Å². The van der Waals surface area contributed by atoms with Crippen LogP contribution in [0.25, 0.3) is 10.8 Å². The van der Waals surface area contributed by atoms with Gasteiger partial charge in [0, 0.05) is 55.6 Å². The molecule has 0 saturated carbocycles. The largest absolute Gasteiger partial charge is 0.379 e. The molecule has 132 valence electrons. The van der Waals surface area contributed by atoms with Crippen molar-refractivity contribution in [2.75, 3.05) is 39.4 Å². The second-order valence-corrected chi connectivity index (χ2v) is 6.96. The van der Waals surface area contributed by atoms with Crippen molar-refractivity contribution in [3.05, 3.63) is 42.2 Å². The fourth-order valence-corrected chi connectivity index (χ4v) is 4.00. The predicted molar refractivity (Wildman–Crippen MR) is 97.7 cm³/mol. The molecule has 2 aliphatic rings. The number of aromatic nitrogens is 1. The van der Waals surface area contributed by atoms with E-state index in [1.807, 2.05) is 30.5 Å². The summed E-state index contributed by atoms with van der Waals surface area (Å²) in [4.78, 5) is 22.0. The van der Waals surface area contributed by atoms with Gasteiger partial charge in [-0.25, -0.2) is 0 Å². The number of hydrogen-bond donors (Lipinski definition) is 0. The van der Waals surface area contributed by atoms with Crippen molar-refractivity contribution in [3.8, 4) is 0 Å². The van der Waals surface area contributed by atoms with Gasteiger partial charge in [-0.2, -0.15) is 0 Å². The van der Waals surface area contributed by atoms with Crippen LogP contribution in [-0.4, -0.2) is 66.1 Å². The summed E-state index contributed by atoms with van der Waals surface area (Å²) in [6, 6.07) is 8.17. The fraction of sp³-hybridized carbons (Fsp3) is 0.500. The van der Waals surface area contributed by atoms with E-state index in [2.05, 4.69) is 14.8 Å². The lowest BCUT2D eigenvalue weighted by molar-refractivity contribution is 0.0166. The van der Waals surface area contributed by atoms with Gasteiger partial charge in [0.1, 0.15) is 0 Å². The molecule has 0 radical (unpaired) electrons. The summed E-state index contributed by atoms with van der Waals surface area (Å²) >= 11 is 0. The van der Waals surface area contributed by atoms with Crippen molar-refractivity contribution in [1.29, 1.82) is 0 Å². The molecular formula is C20H25N3O2. The van der Waals surface area contributed by atoms with E-state index in [1.54, 1.807) is 6.20 Å². The second-order valence-electron chi connectivity index (χ2n) is 6.96. The van der Waals surface area contributed by atoms with Crippen LogP contribution in [0.15, 0.2) is 36.7 Å². The monoisotopic (exact) mass is 339 g/mol. The molecule has 5 heteroatoms. The number of likely N-dealkylation sites (tertiary alicyclic amines) is 1. The van der Waals surface area contributed by atoms with Crippen LogP contribution in [0, 0.1) is 0 Å². The Labute approximate surface area is 148 Å². The number of rotatable bonds is 3. The zero-order chi connectivity index (χ0) is 17.1. The summed E-state index contributed by atoms with van der Waals surface area (Å²) in [5.41, 5.74) is 0.800. The van der Waals surface area contributed by atoms with Crippen molar-refractivity contribution in [3.63, 3.8) is 0 Å². The molecule has 1 aromatic heterocycles. The van der Waals surface area contributed by atoms with E-state index in [1.165, 1.54) is 6.42 Å². The number of fused-ring (bicyclic) bond motifs is 1. The maximum absolute atomic E-state index is 13.3. The summed E-state index contributed by atoms with van der Waals surface area (Å²) < 4.78 is 5.45. The highest BCUT2D eigenvalue weighted by Crippen LogP contribution is 2.24. The molecule has 1 unspecified atom stereocenters. The molecule has 0 aliphatic carbocycles. The Hall–Kier alpha value is -1.98. The fourth-order valence-electron chi connectivity index (χ4n) is 4.00. The van der Waals surface area contributed by atoms with E-state index in [9.17, 15) is 4.79 Å². The lowest BCUT2D eigenvalue weighted by Gasteiger charge is -2.39. The molecule has 25 heavy (non-hydrogen) atoms. The van der Waals surface area contributed by atoms with Gasteiger partial charge in [0.2, 0.25) is 0 Å². The van der Waals surface area contributed by atoms with Gasteiger partial charge >= 0.3 is 0 Å². The number of amides is 1. The Bertz CT molecular complexity index is 737. The molecule has 4 rings (SSSR count). The minimum atomic E-state index is 0.162. The number of benzene rings is 1. The Balaban J connectivity index is 1.57. The van der Waals surface area contributed by atoms with Crippen molar-refractivity contribution in [2.45, 2.75) is 25.3 Å². The van der Waals surface area contributed by atoms with Crippen LogP contribution < -0.4 is 0 Å². The van der Waals surface area contributed by atoms with Gasteiger partial charge in [0.25, 0.3) is 5.91 Å². The third-order valence-corrected chi connectivity index (χ3v) is 5.37. The standard InChI is InChI=1S/C20H25N3O2/c24-20(19-6-3-4-16-14-21-8-7-18(16)19)23-9-2-1-5-17(23)15-22-10-12-25-13-11-22/h3-4,6-8,14,17H,1-2,5,9-13,15H2. The summed E-state index contributed by atoms with van der Waals surface area (Å²) in [7, 11) is 0. The van der Waals surface area contributed by atoms with Crippen molar-refractivity contribution in [2.24, 2.45) is 0 Å². The molecule has 2 aliphatic heterocycles. The van der Waals surface area contributed by atoms with Gasteiger partial charge in [0.05, 0.1) is 13.2 Å². The zero-order valence-corrected chi connectivity index (χ0v) is 14.6. The first-order valence-corrected chi connectivity index (χ1v) is 9.27. The number of nitrogens with zero attached hydrogens (tertiary/aromatic N) is 3. The number of ether oxygens (including phenoxy) is 1. The molecule has 1 aromatic carbocycles. The average Bonchev–Trinajstić information content (AvgIpc) is 2.68. The SMILES string of the molecule is O=C(c1cccc2cnccc12)N1CCCCC1CN1CCOCC1. The summed E-state index contributed by atoms with van der Waals surface area (Å²) in [6.07, 6.45) is 6.99. The molecule has 1 atom stereocenters. The molecule has 2 fully saturated rings. The molecule has 0 spiro atoms. The van der Waals surface area contributed by atoms with E-state index in [-0.39, 0.29) is 5.91 Å². The van der Waals surface area contributed by atoms with Gasteiger partial charge in [-0.1, -0.05) is 12.1 Å². The maximum Gasteiger partial charge on any atom is 0.254 e. The Kier molecular flexibility index (Phi) is 4.95. The van der Waals surface area contributed by atoms with Crippen LogP contribution in [-0.2, 0) is 4.74 Å². The zero-order valence-electron chi connectivity index (χ0n) is 14.6. The van der Waals surface area contributed by atoms with Gasteiger partial charge < -0.3 is 9.64 Å². The third kappa shape index (κ3) is 3.53. The minimum Gasteiger partial charge on any atom is -0.379 e. The average molecular weight is 339 g/mol. The van der Waals surface area contributed by atoms with Gasteiger partial charge in [-0.05, 0) is 36.8 Å². The summed E-state index contributed by atoms with van der Waals surface area (Å²) in [5.74, 6) is 0.162. The quantitative estimate of drug-likeness (QED) is 0.862. The number of piperidine rings is 1. The van der Waals surface area contributed by atoms with Crippen LogP contribution in [0.1, 0.15) is 29.6 Å². The maximum atomic E-state index is 13.3. The van der Waals surface area contributed by atoms with Crippen LogP contribution in [0.3, 0.4) is 0 Å². The van der Waals surface area contributed by atoms with E-state index in [0.29, 0.717) is 6.04 Å². The highest BCUT2D eigenvalue weighted by atomic mass is 16.5. The molecule has 0 bridgehead atoms. The van der Waals surface area contributed by atoms with Gasteiger partial charge in [0.15, 0.2) is 0 Å². The lowest BCUT2D eigenvalue weighted by Crippen LogP contribution is -2.51. The van der Waals surface area contributed by atoms with Crippen LogP contribution in [0.4, 0.5) is 0 Å². The second kappa shape index (κ2) is 7.50. The number of carbonyl (C=O) groups is 1. The number of hydrogen-bond acceptors (Lipinski definition) is 4. The molecule has 1 amide bonds. The van der Waals surface area contributed by atoms with Crippen molar-refractivity contribution in [1.82, 2.24) is 14.8 Å². The topological polar surface area (TPSA) is 45.7 Å². The molecule has 5 nitrogen and oxygen atoms in total. The Morgan fingerprint density at radius 3 is 2.92 bits per heavy atom. The number of morpholine rings is 1. The Morgan fingerprint density at radius 2 is 2.04 bits per heavy atom. The molecule has 3 heterocycles. The normalized spacial score (nSPS) is 22.2. The molecular weight excluding hydrogens is 314 g/mol. The lowest BCUT2D eigenvalue weighted by atomic mass is 9.98. The van der Waals surface area contributed by atoms with Gasteiger partial charge in [-0.15, -0.1) is 0 Å². The molecule has 2 saturated heterocycles. The van der Waals surface area contributed by atoms with Crippen LogP contribution >= 0.6 is 0 Å². The molecule has 0 N–H and O–H groups in total. The van der Waals surface area contributed by atoms with E-state index in [0.717, 1.165) is 68.6 Å². The van der Waals surface area contributed by atoms with Gasteiger partial charge in [-0.3, -0.25) is 14.7 Å². The first kappa shape index (κ1) is 16.5. The summed E-state index contributed by atoms with van der Waals surface area (Å²) in [5, 5.41) is 2.02. The molecule has 2 aromatic rings. The minimum absolute atomic E-state index is 0.162. The number of pyridine rings is 1. The smallest absolute Gasteiger partial charge is 0.254 e. The van der Waals surface area contributed by atoms with E-state index >= 15 is 0 Å². The summed E-state index contributed by atoms with van der Waals surface area (Å²) in [6.45, 7) is 5.36.